The third kappa shape index (κ3) is 4.37. The topological polar surface area (TPSA) is 81.8 Å². The number of nitro benzene ring substituents is 1. The number of halogens is 1. The van der Waals surface area contributed by atoms with Crippen LogP contribution in [0.4, 0.5) is 11.4 Å². The fourth-order valence-corrected chi connectivity index (χ4v) is 2.01. The van der Waals surface area contributed by atoms with Crippen molar-refractivity contribution < 1.29 is 14.5 Å². The van der Waals surface area contributed by atoms with Gasteiger partial charge in [-0.3, -0.25) is 15.1 Å². The molecule has 6 nitrogen and oxygen atoms in total. The zero-order valence-electron chi connectivity index (χ0n) is 12.2. The first-order chi connectivity index (χ1) is 11.0. The number of carbonyl (C=O) groups is 1. The van der Waals surface area contributed by atoms with Crippen molar-refractivity contribution in [2.45, 2.75) is 6.92 Å². The minimum absolute atomic E-state index is 0.0662. The molecule has 0 atom stereocenters. The average Bonchev–Trinajstić information content (AvgIpc) is 2.54. The van der Waals surface area contributed by atoms with E-state index in [-0.39, 0.29) is 10.7 Å². The zero-order chi connectivity index (χ0) is 16.8. The summed E-state index contributed by atoms with van der Waals surface area (Å²) in [4.78, 5) is 26.2. The normalized spacial score (nSPS) is 10.7. The first-order valence-corrected chi connectivity index (χ1v) is 7.14. The Morgan fingerprint density at radius 2 is 2.13 bits per heavy atom. The summed E-state index contributed by atoms with van der Waals surface area (Å²) in [5.41, 5.74) is 1.27. The summed E-state index contributed by atoms with van der Waals surface area (Å²) >= 11 is 5.76. The zero-order valence-corrected chi connectivity index (χ0v) is 13.0. The molecule has 0 amide bonds. The van der Waals surface area contributed by atoms with Gasteiger partial charge < -0.3 is 4.74 Å². The number of benzene rings is 2. The van der Waals surface area contributed by atoms with Crippen LogP contribution in [0.5, 0.6) is 0 Å². The van der Waals surface area contributed by atoms with E-state index in [9.17, 15) is 14.9 Å². The molecule has 0 aliphatic heterocycles. The van der Waals surface area contributed by atoms with Crippen LogP contribution in [0.2, 0.25) is 5.02 Å². The largest absolute Gasteiger partial charge is 0.462 e. The molecule has 0 aliphatic rings. The highest BCUT2D eigenvalue weighted by Crippen LogP contribution is 2.24. The van der Waals surface area contributed by atoms with E-state index in [0.29, 0.717) is 23.4 Å². The van der Waals surface area contributed by atoms with Crippen LogP contribution >= 0.6 is 11.6 Å². The molecule has 2 aromatic rings. The SMILES string of the molecule is CCOC(=O)c1cccc(N=Cc2ccc(Cl)c([N+](=O)[O-])c2)c1. The number of hydrogen-bond acceptors (Lipinski definition) is 5. The number of aliphatic imine (C=N–C) groups is 1. The summed E-state index contributed by atoms with van der Waals surface area (Å²) in [5, 5.41) is 10.9. The van der Waals surface area contributed by atoms with E-state index in [1.54, 1.807) is 37.3 Å². The number of nitrogens with zero attached hydrogens (tertiary/aromatic N) is 2. The van der Waals surface area contributed by atoms with E-state index in [2.05, 4.69) is 4.99 Å². The van der Waals surface area contributed by atoms with Gasteiger partial charge in [-0.15, -0.1) is 0 Å². The molecule has 2 aromatic carbocycles. The Kier molecular flexibility index (Phi) is 5.43. The molecule has 0 radical (unpaired) electrons. The van der Waals surface area contributed by atoms with E-state index in [0.717, 1.165) is 0 Å². The van der Waals surface area contributed by atoms with Crippen LogP contribution in [0, 0.1) is 10.1 Å². The maximum atomic E-state index is 11.7. The lowest BCUT2D eigenvalue weighted by molar-refractivity contribution is -0.384. The van der Waals surface area contributed by atoms with Gasteiger partial charge >= 0.3 is 5.97 Å². The molecule has 0 saturated heterocycles. The summed E-state index contributed by atoms with van der Waals surface area (Å²) in [6, 6.07) is 11.0. The molecular weight excluding hydrogens is 320 g/mol. The van der Waals surface area contributed by atoms with E-state index >= 15 is 0 Å². The Morgan fingerprint density at radius 1 is 1.35 bits per heavy atom. The monoisotopic (exact) mass is 332 g/mol. The standard InChI is InChI=1S/C16H13ClN2O4/c1-2-23-16(20)12-4-3-5-13(9-12)18-10-11-6-7-14(17)15(8-11)19(21)22/h3-10H,2H2,1H3. The Morgan fingerprint density at radius 3 is 2.83 bits per heavy atom. The maximum Gasteiger partial charge on any atom is 0.338 e. The predicted octanol–water partition coefficient (Wildman–Crippen LogP) is 4.18. The molecule has 0 unspecified atom stereocenters. The molecule has 0 spiro atoms. The minimum atomic E-state index is -0.555. The van der Waals surface area contributed by atoms with Crippen molar-refractivity contribution in [1.29, 1.82) is 0 Å². The summed E-state index contributed by atoms with van der Waals surface area (Å²) in [7, 11) is 0. The highest BCUT2D eigenvalue weighted by atomic mass is 35.5. The van der Waals surface area contributed by atoms with Crippen LogP contribution in [0.15, 0.2) is 47.5 Å². The second-order valence-corrected chi connectivity index (χ2v) is 4.90. The van der Waals surface area contributed by atoms with Gasteiger partial charge in [0.05, 0.1) is 22.8 Å². The van der Waals surface area contributed by atoms with Crippen LogP contribution in [0.3, 0.4) is 0 Å². The molecule has 0 bridgehead atoms. The number of carbonyl (C=O) groups excluding carboxylic acids is 1. The summed E-state index contributed by atoms with van der Waals surface area (Å²) in [6.07, 6.45) is 1.47. The summed E-state index contributed by atoms with van der Waals surface area (Å²) in [5.74, 6) is -0.424. The van der Waals surface area contributed by atoms with E-state index in [1.165, 1.54) is 18.3 Å². The van der Waals surface area contributed by atoms with Crippen molar-refractivity contribution in [2.24, 2.45) is 4.99 Å². The van der Waals surface area contributed by atoms with Crippen LogP contribution in [0.1, 0.15) is 22.8 Å². The van der Waals surface area contributed by atoms with Crippen molar-refractivity contribution in [2.75, 3.05) is 6.61 Å². The first kappa shape index (κ1) is 16.6. The van der Waals surface area contributed by atoms with Gasteiger partial charge in [-0.05, 0) is 36.8 Å². The van der Waals surface area contributed by atoms with Gasteiger partial charge in [0.15, 0.2) is 0 Å². The number of rotatable bonds is 5. The van der Waals surface area contributed by atoms with Gasteiger partial charge in [0.2, 0.25) is 0 Å². The van der Waals surface area contributed by atoms with E-state index < -0.39 is 10.9 Å². The van der Waals surface area contributed by atoms with Crippen LogP contribution < -0.4 is 0 Å². The molecule has 0 aliphatic carbocycles. The Labute approximate surface area is 137 Å². The van der Waals surface area contributed by atoms with Crippen molar-refractivity contribution in [3.8, 4) is 0 Å². The number of ether oxygens (including phenoxy) is 1. The summed E-state index contributed by atoms with van der Waals surface area (Å²) < 4.78 is 4.92. The number of esters is 1. The lowest BCUT2D eigenvalue weighted by Crippen LogP contribution is -2.03. The van der Waals surface area contributed by atoms with Crippen LogP contribution in [-0.4, -0.2) is 23.7 Å². The fourth-order valence-electron chi connectivity index (χ4n) is 1.83. The fraction of sp³-hybridized carbons (Fsp3) is 0.125. The van der Waals surface area contributed by atoms with Gasteiger partial charge in [-0.25, -0.2) is 4.79 Å². The quantitative estimate of drug-likeness (QED) is 0.356. The van der Waals surface area contributed by atoms with Crippen molar-refractivity contribution in [3.63, 3.8) is 0 Å². The second-order valence-electron chi connectivity index (χ2n) is 4.50. The number of hydrogen-bond donors (Lipinski definition) is 0. The molecule has 7 heteroatoms. The Hall–Kier alpha value is -2.73. The highest BCUT2D eigenvalue weighted by molar-refractivity contribution is 6.32. The van der Waals surface area contributed by atoms with Gasteiger partial charge in [-0.2, -0.15) is 0 Å². The van der Waals surface area contributed by atoms with Gasteiger partial charge in [-0.1, -0.05) is 23.7 Å². The maximum absolute atomic E-state index is 11.7. The Bertz CT molecular complexity index is 774. The van der Waals surface area contributed by atoms with Crippen molar-refractivity contribution in [3.05, 3.63) is 68.7 Å². The van der Waals surface area contributed by atoms with Crippen LogP contribution in [-0.2, 0) is 4.74 Å². The first-order valence-electron chi connectivity index (χ1n) is 6.76. The lowest BCUT2D eigenvalue weighted by Gasteiger charge is -2.02. The molecule has 0 saturated carbocycles. The molecule has 23 heavy (non-hydrogen) atoms. The summed E-state index contributed by atoms with van der Waals surface area (Å²) in [6.45, 7) is 2.02. The third-order valence-electron chi connectivity index (χ3n) is 2.89. The average molecular weight is 333 g/mol. The van der Waals surface area contributed by atoms with Crippen LogP contribution in [0.25, 0.3) is 0 Å². The molecule has 0 aromatic heterocycles. The number of nitro groups is 1. The molecule has 118 valence electrons. The van der Waals surface area contributed by atoms with Gasteiger partial charge in [0.25, 0.3) is 5.69 Å². The second kappa shape index (κ2) is 7.51. The molecule has 0 N–H and O–H groups in total. The predicted molar refractivity (Wildman–Crippen MR) is 87.8 cm³/mol. The molecule has 0 fully saturated rings. The van der Waals surface area contributed by atoms with Crippen molar-refractivity contribution in [1.82, 2.24) is 0 Å². The molecule has 2 rings (SSSR count). The van der Waals surface area contributed by atoms with Gasteiger partial charge in [0, 0.05) is 12.3 Å². The van der Waals surface area contributed by atoms with Gasteiger partial charge in [0.1, 0.15) is 5.02 Å². The molecule has 0 heterocycles. The molecular formula is C16H13ClN2O4. The smallest absolute Gasteiger partial charge is 0.338 e. The van der Waals surface area contributed by atoms with E-state index in [4.69, 9.17) is 16.3 Å². The van der Waals surface area contributed by atoms with Crippen molar-refractivity contribution >= 4 is 35.2 Å². The van der Waals surface area contributed by atoms with E-state index in [1.807, 2.05) is 0 Å². The lowest BCUT2D eigenvalue weighted by atomic mass is 10.2. The third-order valence-corrected chi connectivity index (χ3v) is 3.21. The highest BCUT2D eigenvalue weighted by Gasteiger charge is 2.12. The minimum Gasteiger partial charge on any atom is -0.462 e. The Balaban J connectivity index is 2.24.